The van der Waals surface area contributed by atoms with Gasteiger partial charge in [0.2, 0.25) is 0 Å². The molecule has 0 bridgehead atoms. The molecule has 112 valence electrons. The predicted octanol–water partition coefficient (Wildman–Crippen LogP) is 3.99. The van der Waals surface area contributed by atoms with Gasteiger partial charge in [-0.05, 0) is 49.3 Å². The normalized spacial score (nSPS) is 23.8. The predicted molar refractivity (Wildman–Crippen MR) is 73.7 cm³/mol. The van der Waals surface area contributed by atoms with Crippen molar-refractivity contribution in [2.75, 3.05) is 20.2 Å². The molecule has 0 aromatic heterocycles. The summed E-state index contributed by atoms with van der Waals surface area (Å²) in [5.74, 6) is 0.370. The Morgan fingerprint density at radius 1 is 1.30 bits per heavy atom. The topological polar surface area (TPSA) is 21.3 Å². The van der Waals surface area contributed by atoms with Crippen molar-refractivity contribution in [3.8, 4) is 0 Å². The van der Waals surface area contributed by atoms with Crippen LogP contribution in [0.4, 0.5) is 13.2 Å². The van der Waals surface area contributed by atoms with Crippen LogP contribution >= 0.6 is 11.8 Å². The molecule has 1 heterocycles. The number of thioether (sulfide) groups is 1. The van der Waals surface area contributed by atoms with Crippen molar-refractivity contribution in [1.82, 2.24) is 5.32 Å². The Hall–Kier alpha value is -0.720. The maximum atomic E-state index is 12.3. The molecule has 6 heteroatoms. The Morgan fingerprint density at radius 3 is 2.60 bits per heavy atom. The van der Waals surface area contributed by atoms with Crippen molar-refractivity contribution in [3.63, 3.8) is 0 Å². The third kappa shape index (κ3) is 4.40. The average Bonchev–Trinajstić information content (AvgIpc) is 2.39. The Morgan fingerprint density at radius 2 is 2.00 bits per heavy atom. The minimum Gasteiger partial charge on any atom is -0.373 e. The second kappa shape index (κ2) is 6.83. The van der Waals surface area contributed by atoms with Gasteiger partial charge < -0.3 is 10.1 Å². The lowest BCUT2D eigenvalue weighted by Gasteiger charge is -2.32. The molecule has 2 rings (SSSR count). The molecule has 0 amide bonds. The fourth-order valence-corrected chi connectivity index (χ4v) is 3.08. The van der Waals surface area contributed by atoms with Gasteiger partial charge in [-0.15, -0.1) is 0 Å². The zero-order valence-electron chi connectivity index (χ0n) is 11.2. The van der Waals surface area contributed by atoms with Gasteiger partial charge in [-0.3, -0.25) is 0 Å². The first-order valence-electron chi connectivity index (χ1n) is 6.61. The largest absolute Gasteiger partial charge is 0.446 e. The van der Waals surface area contributed by atoms with Crippen LogP contribution in [0.5, 0.6) is 0 Å². The van der Waals surface area contributed by atoms with Crippen LogP contribution in [-0.2, 0) is 4.74 Å². The summed E-state index contributed by atoms with van der Waals surface area (Å²) in [4.78, 5) is 0.210. The molecule has 1 fully saturated rings. The number of nitrogens with one attached hydrogen (secondary N) is 1. The molecule has 1 aliphatic rings. The van der Waals surface area contributed by atoms with E-state index in [0.717, 1.165) is 24.9 Å². The van der Waals surface area contributed by atoms with Gasteiger partial charge in [0, 0.05) is 24.0 Å². The zero-order valence-corrected chi connectivity index (χ0v) is 12.1. The van der Waals surface area contributed by atoms with Crippen LogP contribution in [0.25, 0.3) is 0 Å². The molecule has 1 N–H and O–H groups in total. The van der Waals surface area contributed by atoms with Crippen molar-refractivity contribution in [2.45, 2.75) is 29.3 Å². The van der Waals surface area contributed by atoms with E-state index in [1.807, 2.05) is 7.05 Å². The van der Waals surface area contributed by atoms with E-state index >= 15 is 0 Å². The molecular formula is C14H18F3NOS. The zero-order chi connectivity index (χ0) is 14.6. The van der Waals surface area contributed by atoms with Gasteiger partial charge >= 0.3 is 5.51 Å². The maximum Gasteiger partial charge on any atom is 0.446 e. The van der Waals surface area contributed by atoms with E-state index in [-0.39, 0.29) is 22.8 Å². The Labute approximate surface area is 121 Å². The summed E-state index contributed by atoms with van der Waals surface area (Å²) in [7, 11) is 1.90. The standard InChI is InChI=1S/C14H18F3NOS/c1-18-9-11-3-2-8-19-13(11)10-4-6-12(7-5-10)20-14(15,16)17/h4-7,11,13,18H,2-3,8-9H2,1H3. The van der Waals surface area contributed by atoms with E-state index in [1.165, 1.54) is 12.1 Å². The molecule has 2 atom stereocenters. The molecule has 0 saturated carbocycles. The lowest BCUT2D eigenvalue weighted by molar-refractivity contribution is -0.0328. The fourth-order valence-electron chi connectivity index (χ4n) is 2.54. The number of hydrogen-bond acceptors (Lipinski definition) is 3. The van der Waals surface area contributed by atoms with Gasteiger partial charge in [0.1, 0.15) is 0 Å². The second-order valence-electron chi connectivity index (χ2n) is 4.87. The van der Waals surface area contributed by atoms with Gasteiger partial charge in [-0.25, -0.2) is 0 Å². The monoisotopic (exact) mass is 305 g/mol. The Balaban J connectivity index is 2.07. The molecule has 0 spiro atoms. The van der Waals surface area contributed by atoms with E-state index in [9.17, 15) is 13.2 Å². The summed E-state index contributed by atoms with van der Waals surface area (Å²) in [5, 5.41) is 3.15. The first-order chi connectivity index (χ1) is 9.49. The van der Waals surface area contributed by atoms with Gasteiger partial charge in [-0.2, -0.15) is 13.2 Å². The molecule has 0 radical (unpaired) electrons. The molecule has 0 aliphatic carbocycles. The van der Waals surface area contributed by atoms with Gasteiger partial charge in [0.15, 0.2) is 0 Å². The number of hydrogen-bond donors (Lipinski definition) is 1. The smallest absolute Gasteiger partial charge is 0.373 e. The average molecular weight is 305 g/mol. The second-order valence-corrected chi connectivity index (χ2v) is 6.01. The fraction of sp³-hybridized carbons (Fsp3) is 0.571. The van der Waals surface area contributed by atoms with E-state index < -0.39 is 5.51 Å². The molecule has 1 aliphatic heterocycles. The molecule has 1 saturated heterocycles. The molecule has 1 aromatic carbocycles. The number of halogens is 3. The summed E-state index contributed by atoms with van der Waals surface area (Å²) in [6, 6.07) is 6.52. The summed E-state index contributed by atoms with van der Waals surface area (Å²) in [6.07, 6.45) is 2.08. The van der Waals surface area contributed by atoms with Crippen LogP contribution in [-0.4, -0.2) is 25.7 Å². The lowest BCUT2D eigenvalue weighted by atomic mass is 9.89. The highest BCUT2D eigenvalue weighted by Gasteiger charge is 2.30. The number of rotatable bonds is 4. The van der Waals surface area contributed by atoms with Crippen molar-refractivity contribution in [3.05, 3.63) is 29.8 Å². The van der Waals surface area contributed by atoms with E-state index in [0.29, 0.717) is 12.5 Å². The van der Waals surface area contributed by atoms with Crippen LogP contribution in [0.1, 0.15) is 24.5 Å². The highest BCUT2D eigenvalue weighted by atomic mass is 32.2. The highest BCUT2D eigenvalue weighted by molar-refractivity contribution is 8.00. The molecule has 1 aromatic rings. The maximum absolute atomic E-state index is 12.3. The number of alkyl halides is 3. The van der Waals surface area contributed by atoms with E-state index in [1.54, 1.807) is 12.1 Å². The summed E-state index contributed by atoms with van der Waals surface area (Å²) in [5.41, 5.74) is -3.28. The van der Waals surface area contributed by atoms with Gasteiger partial charge in [-0.1, -0.05) is 12.1 Å². The SMILES string of the molecule is CNCC1CCCOC1c1ccc(SC(F)(F)F)cc1. The first-order valence-corrected chi connectivity index (χ1v) is 7.43. The van der Waals surface area contributed by atoms with Crippen molar-refractivity contribution >= 4 is 11.8 Å². The van der Waals surface area contributed by atoms with Crippen molar-refractivity contribution in [1.29, 1.82) is 0 Å². The summed E-state index contributed by atoms with van der Waals surface area (Å²) in [6.45, 7) is 1.56. The third-order valence-corrected chi connectivity index (χ3v) is 4.09. The molecule has 20 heavy (non-hydrogen) atoms. The Kier molecular flexibility index (Phi) is 5.35. The van der Waals surface area contributed by atoms with Crippen LogP contribution in [0.3, 0.4) is 0 Å². The van der Waals surface area contributed by atoms with Crippen LogP contribution < -0.4 is 5.32 Å². The number of ether oxygens (including phenoxy) is 1. The molecule has 2 nitrogen and oxygen atoms in total. The lowest BCUT2D eigenvalue weighted by Crippen LogP contribution is -2.30. The molecular weight excluding hydrogens is 287 g/mol. The molecule has 2 unspecified atom stereocenters. The number of benzene rings is 1. The van der Waals surface area contributed by atoms with E-state index in [2.05, 4.69) is 5.32 Å². The summed E-state index contributed by atoms with van der Waals surface area (Å²) < 4.78 is 42.7. The third-order valence-electron chi connectivity index (χ3n) is 3.35. The van der Waals surface area contributed by atoms with Crippen LogP contribution in [0, 0.1) is 5.92 Å². The van der Waals surface area contributed by atoms with E-state index in [4.69, 9.17) is 4.74 Å². The van der Waals surface area contributed by atoms with Gasteiger partial charge in [0.25, 0.3) is 0 Å². The first kappa shape index (κ1) is 15.7. The van der Waals surface area contributed by atoms with Crippen molar-refractivity contribution < 1.29 is 17.9 Å². The van der Waals surface area contributed by atoms with Crippen LogP contribution in [0.15, 0.2) is 29.2 Å². The quantitative estimate of drug-likeness (QED) is 0.850. The summed E-state index contributed by atoms with van der Waals surface area (Å²) >= 11 is -0.0860. The van der Waals surface area contributed by atoms with Crippen molar-refractivity contribution in [2.24, 2.45) is 5.92 Å². The Bertz CT molecular complexity index is 419. The van der Waals surface area contributed by atoms with Gasteiger partial charge in [0.05, 0.1) is 6.10 Å². The minimum atomic E-state index is -4.24. The minimum absolute atomic E-state index is 0.0267. The van der Waals surface area contributed by atoms with Crippen LogP contribution in [0.2, 0.25) is 0 Å². The highest BCUT2D eigenvalue weighted by Crippen LogP contribution is 2.38.